The molecule has 1 saturated heterocycles. The van der Waals surface area contributed by atoms with Gasteiger partial charge in [0.1, 0.15) is 5.82 Å². The zero-order valence-corrected chi connectivity index (χ0v) is 15.0. The fourth-order valence-electron chi connectivity index (χ4n) is 3.98. The molecule has 1 amide bonds. The highest BCUT2D eigenvalue weighted by Gasteiger charge is 2.31. The molecule has 4 heterocycles. The van der Waals surface area contributed by atoms with Crippen molar-refractivity contribution in [3.8, 4) is 0 Å². The molecule has 0 bridgehead atoms. The number of imidazole rings is 1. The van der Waals surface area contributed by atoms with Crippen molar-refractivity contribution in [2.45, 2.75) is 18.8 Å². The Balaban J connectivity index is 1.45. The van der Waals surface area contributed by atoms with Crippen molar-refractivity contribution < 1.29 is 9.32 Å². The smallest absolute Gasteiger partial charge is 0.293 e. The number of para-hydroxylation sites is 2. The normalized spacial score (nSPS) is 17.7. The van der Waals surface area contributed by atoms with E-state index >= 15 is 0 Å². The van der Waals surface area contributed by atoms with E-state index < -0.39 is 0 Å². The van der Waals surface area contributed by atoms with Gasteiger partial charge in [0.2, 0.25) is 11.4 Å². The van der Waals surface area contributed by atoms with Gasteiger partial charge in [-0.3, -0.25) is 4.79 Å². The number of rotatable bonds is 2. The zero-order valence-electron chi connectivity index (χ0n) is 15.0. The Bertz CT molecular complexity index is 1150. The predicted octanol–water partition coefficient (Wildman–Crippen LogP) is 3.13. The van der Waals surface area contributed by atoms with Gasteiger partial charge in [0, 0.05) is 32.3 Å². The third-order valence-corrected chi connectivity index (χ3v) is 5.34. The first kappa shape index (κ1) is 16.0. The molecule has 136 valence electrons. The lowest BCUT2D eigenvalue weighted by Crippen LogP contribution is -2.39. The number of carbonyl (C=O) groups is 1. The SMILES string of the molecule is Cn1c(C2CCCN(C(=O)c3onc4ncccc34)C2)nc2ccccc21. The molecule has 3 aromatic heterocycles. The number of benzene rings is 1. The average molecular weight is 361 g/mol. The van der Waals surface area contributed by atoms with E-state index in [1.54, 1.807) is 12.3 Å². The highest BCUT2D eigenvalue weighted by atomic mass is 16.5. The van der Waals surface area contributed by atoms with Crippen LogP contribution in [0.5, 0.6) is 0 Å². The molecule has 1 aromatic carbocycles. The van der Waals surface area contributed by atoms with Gasteiger partial charge in [-0.1, -0.05) is 17.3 Å². The zero-order chi connectivity index (χ0) is 18.4. The second-order valence-corrected chi connectivity index (χ2v) is 6.99. The maximum Gasteiger partial charge on any atom is 0.293 e. The second-order valence-electron chi connectivity index (χ2n) is 6.99. The predicted molar refractivity (Wildman–Crippen MR) is 100 cm³/mol. The Kier molecular flexibility index (Phi) is 3.67. The van der Waals surface area contributed by atoms with Crippen LogP contribution in [-0.4, -0.2) is 43.6 Å². The van der Waals surface area contributed by atoms with Gasteiger partial charge < -0.3 is 14.0 Å². The molecule has 7 heteroatoms. The molecule has 4 aromatic rings. The van der Waals surface area contributed by atoms with Gasteiger partial charge in [-0.25, -0.2) is 9.97 Å². The van der Waals surface area contributed by atoms with Crippen molar-refractivity contribution in [3.63, 3.8) is 0 Å². The molecule has 1 unspecified atom stereocenters. The topological polar surface area (TPSA) is 77.0 Å². The summed E-state index contributed by atoms with van der Waals surface area (Å²) in [5, 5.41) is 4.56. The lowest BCUT2D eigenvalue weighted by atomic mass is 9.97. The molecule has 27 heavy (non-hydrogen) atoms. The number of fused-ring (bicyclic) bond motifs is 2. The minimum atomic E-state index is -0.131. The number of amides is 1. The minimum Gasteiger partial charge on any atom is -0.348 e. The van der Waals surface area contributed by atoms with Crippen molar-refractivity contribution in [1.82, 2.24) is 24.6 Å². The number of pyridine rings is 1. The summed E-state index contributed by atoms with van der Waals surface area (Å²) in [7, 11) is 2.04. The second kappa shape index (κ2) is 6.19. The number of piperidine rings is 1. The van der Waals surface area contributed by atoms with Crippen LogP contribution in [0.1, 0.15) is 35.1 Å². The highest BCUT2D eigenvalue weighted by molar-refractivity contribution is 6.02. The number of hydrogen-bond donors (Lipinski definition) is 0. The summed E-state index contributed by atoms with van der Waals surface area (Å²) >= 11 is 0. The van der Waals surface area contributed by atoms with Crippen LogP contribution in [-0.2, 0) is 7.05 Å². The van der Waals surface area contributed by atoms with Crippen LogP contribution in [0.2, 0.25) is 0 Å². The molecular weight excluding hydrogens is 342 g/mol. The van der Waals surface area contributed by atoms with Crippen LogP contribution < -0.4 is 0 Å². The van der Waals surface area contributed by atoms with E-state index in [1.807, 2.05) is 36.2 Å². The van der Waals surface area contributed by atoms with Gasteiger partial charge in [-0.2, -0.15) is 0 Å². The van der Waals surface area contributed by atoms with E-state index in [2.05, 4.69) is 20.8 Å². The molecule has 0 aliphatic carbocycles. The van der Waals surface area contributed by atoms with Gasteiger partial charge >= 0.3 is 0 Å². The molecule has 0 N–H and O–H groups in total. The van der Waals surface area contributed by atoms with Gasteiger partial charge in [-0.15, -0.1) is 0 Å². The summed E-state index contributed by atoms with van der Waals surface area (Å²) in [6, 6.07) is 11.7. The van der Waals surface area contributed by atoms with E-state index in [-0.39, 0.29) is 17.6 Å². The third-order valence-electron chi connectivity index (χ3n) is 5.34. The van der Waals surface area contributed by atoms with Gasteiger partial charge in [-0.05, 0) is 37.1 Å². The number of carbonyl (C=O) groups excluding carboxylic acids is 1. The van der Waals surface area contributed by atoms with Crippen molar-refractivity contribution >= 4 is 28.0 Å². The van der Waals surface area contributed by atoms with E-state index in [0.717, 1.165) is 29.7 Å². The monoisotopic (exact) mass is 361 g/mol. The summed E-state index contributed by atoms with van der Waals surface area (Å²) in [6.07, 6.45) is 3.59. The van der Waals surface area contributed by atoms with Crippen molar-refractivity contribution in [3.05, 3.63) is 54.2 Å². The molecule has 1 atom stereocenters. The van der Waals surface area contributed by atoms with Crippen molar-refractivity contribution in [2.75, 3.05) is 13.1 Å². The van der Waals surface area contributed by atoms with Crippen LogP contribution in [0.4, 0.5) is 0 Å². The third kappa shape index (κ3) is 2.58. The summed E-state index contributed by atoms with van der Waals surface area (Å²) in [5.41, 5.74) is 2.57. The molecule has 7 nitrogen and oxygen atoms in total. The fraction of sp³-hybridized carbons (Fsp3) is 0.300. The van der Waals surface area contributed by atoms with E-state index in [4.69, 9.17) is 9.51 Å². The number of nitrogens with zero attached hydrogens (tertiary/aromatic N) is 5. The van der Waals surface area contributed by atoms with E-state index in [0.29, 0.717) is 24.1 Å². The Hall–Kier alpha value is -3.22. The van der Waals surface area contributed by atoms with Crippen LogP contribution >= 0.6 is 0 Å². The van der Waals surface area contributed by atoms with E-state index in [9.17, 15) is 4.79 Å². The molecule has 0 spiro atoms. The Morgan fingerprint density at radius 2 is 2.11 bits per heavy atom. The Morgan fingerprint density at radius 1 is 1.22 bits per heavy atom. The maximum absolute atomic E-state index is 13.0. The number of aromatic nitrogens is 4. The van der Waals surface area contributed by atoms with Crippen LogP contribution in [0.15, 0.2) is 47.1 Å². The fourth-order valence-corrected chi connectivity index (χ4v) is 3.98. The van der Waals surface area contributed by atoms with Crippen LogP contribution in [0, 0.1) is 0 Å². The minimum absolute atomic E-state index is 0.131. The van der Waals surface area contributed by atoms with Gasteiger partial charge in [0.25, 0.3) is 5.91 Å². The first-order chi connectivity index (χ1) is 13.2. The Labute approximate surface area is 155 Å². The average Bonchev–Trinajstić information content (AvgIpc) is 3.29. The van der Waals surface area contributed by atoms with E-state index in [1.165, 1.54) is 0 Å². The van der Waals surface area contributed by atoms with Crippen LogP contribution in [0.3, 0.4) is 0 Å². The summed E-state index contributed by atoms with van der Waals surface area (Å²) in [4.78, 5) is 23.9. The lowest BCUT2D eigenvalue weighted by Gasteiger charge is -2.31. The van der Waals surface area contributed by atoms with Gasteiger partial charge in [0.05, 0.1) is 16.4 Å². The summed E-state index contributed by atoms with van der Waals surface area (Å²) in [5.74, 6) is 1.36. The number of aryl methyl sites for hydroxylation is 1. The van der Waals surface area contributed by atoms with Crippen LogP contribution in [0.25, 0.3) is 22.1 Å². The molecular formula is C20H19N5O2. The molecule has 1 aliphatic rings. The maximum atomic E-state index is 13.0. The molecule has 0 saturated carbocycles. The molecule has 0 radical (unpaired) electrons. The highest BCUT2D eigenvalue weighted by Crippen LogP contribution is 2.30. The number of hydrogen-bond acceptors (Lipinski definition) is 5. The summed E-state index contributed by atoms with van der Waals surface area (Å²) < 4.78 is 7.46. The number of likely N-dealkylation sites (tertiary alicyclic amines) is 1. The van der Waals surface area contributed by atoms with Crippen molar-refractivity contribution in [2.24, 2.45) is 7.05 Å². The molecule has 1 aliphatic heterocycles. The first-order valence-electron chi connectivity index (χ1n) is 9.13. The largest absolute Gasteiger partial charge is 0.348 e. The first-order valence-corrected chi connectivity index (χ1v) is 9.13. The van der Waals surface area contributed by atoms with Gasteiger partial charge in [0.15, 0.2) is 0 Å². The van der Waals surface area contributed by atoms with Crippen molar-refractivity contribution in [1.29, 1.82) is 0 Å². The Morgan fingerprint density at radius 3 is 3.00 bits per heavy atom. The molecule has 1 fully saturated rings. The lowest BCUT2D eigenvalue weighted by molar-refractivity contribution is 0.0664. The quantitative estimate of drug-likeness (QED) is 0.548. The standard InChI is InChI=1S/C20H19N5O2/c1-24-16-9-3-2-8-15(16)22-19(24)13-6-5-11-25(12-13)20(26)17-14-7-4-10-21-18(14)23-27-17/h2-4,7-10,13H,5-6,11-12H2,1H3. The molecule has 5 rings (SSSR count). The summed E-state index contributed by atoms with van der Waals surface area (Å²) in [6.45, 7) is 1.33.